The molecule has 1 aliphatic heterocycles. The molecule has 0 N–H and O–H groups in total. The number of amides is 1. The van der Waals surface area contributed by atoms with E-state index in [2.05, 4.69) is 10.1 Å². The molecule has 5 aromatic rings. The third-order valence-electron chi connectivity index (χ3n) is 6.37. The van der Waals surface area contributed by atoms with Gasteiger partial charge in [-0.25, -0.2) is 14.5 Å². The number of rotatable bonds is 4. The van der Waals surface area contributed by atoms with Gasteiger partial charge in [-0.1, -0.05) is 6.07 Å². The van der Waals surface area contributed by atoms with E-state index >= 15 is 0 Å². The van der Waals surface area contributed by atoms with Crippen LogP contribution in [-0.4, -0.2) is 59.6 Å². The third kappa shape index (κ3) is 3.10. The molecule has 0 fully saturated rings. The van der Waals surface area contributed by atoms with Gasteiger partial charge in [0.1, 0.15) is 17.0 Å². The lowest BCUT2D eigenvalue weighted by atomic mass is 10.1. The molecule has 0 bridgehead atoms. The fourth-order valence-corrected chi connectivity index (χ4v) is 4.73. The van der Waals surface area contributed by atoms with Gasteiger partial charge in [0.05, 0.1) is 23.4 Å². The Morgan fingerprint density at radius 3 is 2.94 bits per heavy atom. The Balaban J connectivity index is 1.43. The minimum absolute atomic E-state index is 0.148. The molecule has 0 radical (unpaired) electrons. The topological polar surface area (TPSA) is 99.0 Å². The number of hydrogen-bond acceptors (Lipinski definition) is 6. The Morgan fingerprint density at radius 2 is 2.09 bits per heavy atom. The van der Waals surface area contributed by atoms with Gasteiger partial charge in [-0.05, 0) is 25.1 Å². The molecule has 10 nitrogen and oxygen atoms in total. The average molecular weight is 457 g/mol. The number of carbonyl (C=O) groups excluding carboxylic acids is 1. The molecule has 6 rings (SSSR count). The van der Waals surface area contributed by atoms with Crippen molar-refractivity contribution in [2.45, 2.75) is 26.4 Å². The van der Waals surface area contributed by atoms with Crippen LogP contribution < -0.4 is 5.56 Å². The largest absolute Gasteiger partial charge is 0.383 e. The molecule has 0 aliphatic carbocycles. The molecule has 0 atom stereocenters. The maximum absolute atomic E-state index is 13.7. The summed E-state index contributed by atoms with van der Waals surface area (Å²) in [5.41, 5.74) is 5.03. The summed E-state index contributed by atoms with van der Waals surface area (Å²) < 4.78 is 10.4. The van der Waals surface area contributed by atoms with Crippen LogP contribution in [0.1, 0.15) is 27.4 Å². The van der Waals surface area contributed by atoms with E-state index in [1.54, 1.807) is 41.0 Å². The predicted octanol–water partition coefficient (Wildman–Crippen LogP) is 1.85. The predicted molar refractivity (Wildman–Crippen MR) is 125 cm³/mol. The van der Waals surface area contributed by atoms with Crippen molar-refractivity contribution in [3.63, 3.8) is 0 Å². The van der Waals surface area contributed by atoms with E-state index in [0.717, 1.165) is 22.6 Å². The van der Waals surface area contributed by atoms with Crippen molar-refractivity contribution in [1.82, 2.24) is 33.4 Å². The van der Waals surface area contributed by atoms with Gasteiger partial charge in [-0.3, -0.25) is 14.0 Å². The molecule has 1 amide bonds. The molecular weight excluding hydrogens is 434 g/mol. The van der Waals surface area contributed by atoms with Crippen LogP contribution in [0.25, 0.3) is 22.3 Å². The van der Waals surface area contributed by atoms with Crippen molar-refractivity contribution in [1.29, 1.82) is 0 Å². The second-order valence-electron chi connectivity index (χ2n) is 8.52. The number of hydrogen-bond donors (Lipinski definition) is 0. The number of methoxy groups -OCH3 is 1. The number of carbonyl (C=O) groups is 1. The second-order valence-corrected chi connectivity index (χ2v) is 8.52. The zero-order chi connectivity index (χ0) is 23.4. The summed E-state index contributed by atoms with van der Waals surface area (Å²) in [4.78, 5) is 37.9. The van der Waals surface area contributed by atoms with Crippen molar-refractivity contribution in [2.75, 3.05) is 20.3 Å². The van der Waals surface area contributed by atoms with Gasteiger partial charge >= 0.3 is 0 Å². The van der Waals surface area contributed by atoms with Crippen molar-refractivity contribution in [2.24, 2.45) is 0 Å². The lowest BCUT2D eigenvalue weighted by Gasteiger charge is -2.29. The first-order valence-corrected chi connectivity index (χ1v) is 11.2. The van der Waals surface area contributed by atoms with Crippen LogP contribution in [0, 0.1) is 6.92 Å². The first-order valence-electron chi connectivity index (χ1n) is 11.2. The molecule has 0 saturated carbocycles. The van der Waals surface area contributed by atoms with E-state index in [-0.39, 0.29) is 11.5 Å². The summed E-state index contributed by atoms with van der Waals surface area (Å²) in [6.07, 6.45) is 4.18. The molecular formula is C24H23N7O3. The van der Waals surface area contributed by atoms with Crippen LogP contribution in [0.5, 0.6) is 0 Å². The Bertz CT molecular complexity index is 1650. The van der Waals surface area contributed by atoms with Crippen molar-refractivity contribution >= 4 is 28.2 Å². The molecule has 172 valence electrons. The fourth-order valence-electron chi connectivity index (χ4n) is 4.73. The van der Waals surface area contributed by atoms with Gasteiger partial charge in [-0.15, -0.1) is 0 Å². The molecule has 6 heterocycles. The van der Waals surface area contributed by atoms with Gasteiger partial charge < -0.3 is 14.2 Å². The molecule has 0 unspecified atom stereocenters. The highest BCUT2D eigenvalue weighted by molar-refractivity contribution is 5.98. The summed E-state index contributed by atoms with van der Waals surface area (Å²) >= 11 is 0. The summed E-state index contributed by atoms with van der Waals surface area (Å²) in [7, 11) is 1.61. The minimum Gasteiger partial charge on any atom is -0.383 e. The second kappa shape index (κ2) is 7.77. The van der Waals surface area contributed by atoms with Gasteiger partial charge in [-0.2, -0.15) is 5.10 Å². The van der Waals surface area contributed by atoms with Gasteiger partial charge in [0.2, 0.25) is 0 Å². The van der Waals surface area contributed by atoms with E-state index in [1.165, 1.54) is 4.40 Å². The highest BCUT2D eigenvalue weighted by Gasteiger charge is 2.28. The maximum atomic E-state index is 13.7. The number of aromatic nitrogens is 6. The summed E-state index contributed by atoms with van der Waals surface area (Å²) in [5.74, 6) is -0.148. The van der Waals surface area contributed by atoms with Crippen molar-refractivity contribution in [3.05, 3.63) is 75.7 Å². The molecule has 1 aliphatic rings. The Hall–Kier alpha value is -4.05. The zero-order valence-electron chi connectivity index (χ0n) is 18.9. The smallest absolute Gasteiger partial charge is 0.270 e. The van der Waals surface area contributed by atoms with Crippen LogP contribution in [0.4, 0.5) is 0 Å². The Kier molecular flexibility index (Phi) is 4.70. The maximum Gasteiger partial charge on any atom is 0.270 e. The molecule has 10 heteroatoms. The molecule has 34 heavy (non-hydrogen) atoms. The highest BCUT2D eigenvalue weighted by atomic mass is 16.5. The van der Waals surface area contributed by atoms with Crippen molar-refractivity contribution in [3.8, 4) is 0 Å². The number of nitrogens with zero attached hydrogens (tertiary/aromatic N) is 7. The van der Waals surface area contributed by atoms with E-state index in [9.17, 15) is 9.59 Å². The van der Waals surface area contributed by atoms with Crippen LogP contribution >= 0.6 is 0 Å². The van der Waals surface area contributed by atoms with Crippen molar-refractivity contribution < 1.29 is 9.53 Å². The minimum atomic E-state index is -0.199. The highest BCUT2D eigenvalue weighted by Crippen LogP contribution is 2.24. The number of aryl methyl sites for hydroxylation is 1. The van der Waals surface area contributed by atoms with E-state index in [0.29, 0.717) is 55.0 Å². The SMILES string of the molecule is COCCn1c(C(=O)N2CCc3c(cnc4cc(C)nn34)C2)cc2c(=O)n3ccccc3nc21. The van der Waals surface area contributed by atoms with Crippen LogP contribution in [0.3, 0.4) is 0 Å². The monoisotopic (exact) mass is 457 g/mol. The lowest BCUT2D eigenvalue weighted by molar-refractivity contribution is 0.0719. The summed E-state index contributed by atoms with van der Waals surface area (Å²) in [6.45, 7) is 3.72. The first kappa shape index (κ1) is 20.5. The molecule has 0 spiro atoms. The molecule has 5 aromatic heterocycles. The summed E-state index contributed by atoms with van der Waals surface area (Å²) in [6, 6.07) is 9.01. The Morgan fingerprint density at radius 1 is 1.21 bits per heavy atom. The van der Waals surface area contributed by atoms with E-state index in [1.807, 2.05) is 29.8 Å². The fraction of sp³-hybridized carbons (Fsp3) is 0.292. The van der Waals surface area contributed by atoms with Crippen LogP contribution in [-0.2, 0) is 24.2 Å². The molecule has 0 aromatic carbocycles. The Labute approximate surface area is 194 Å². The molecule has 0 saturated heterocycles. The summed E-state index contributed by atoms with van der Waals surface area (Å²) in [5, 5.41) is 4.97. The quantitative estimate of drug-likeness (QED) is 0.408. The van der Waals surface area contributed by atoms with Gasteiger partial charge in [0, 0.05) is 57.2 Å². The lowest BCUT2D eigenvalue weighted by Crippen LogP contribution is -2.38. The van der Waals surface area contributed by atoms with Crippen LogP contribution in [0.15, 0.2) is 47.5 Å². The van der Waals surface area contributed by atoms with Crippen LogP contribution in [0.2, 0.25) is 0 Å². The third-order valence-corrected chi connectivity index (χ3v) is 6.37. The number of pyridine rings is 1. The number of ether oxygens (including phenoxy) is 1. The first-order chi connectivity index (χ1) is 16.5. The average Bonchev–Trinajstić information content (AvgIpc) is 3.42. The standard InChI is InChI=1S/C24H23N7O3/c1-15-11-21-25-13-16-14-28(8-6-18(16)31(21)27-15)24(33)19-12-17-22(29(19)9-10-34-2)26-20-5-3-4-7-30(20)23(17)32/h3-5,7,11-13H,6,8-10,14H2,1-2H3. The zero-order valence-corrected chi connectivity index (χ0v) is 18.9. The van der Waals surface area contributed by atoms with Gasteiger partial charge in [0.15, 0.2) is 5.65 Å². The van der Waals surface area contributed by atoms with Gasteiger partial charge in [0.25, 0.3) is 11.5 Å². The number of fused-ring (bicyclic) bond motifs is 5. The normalized spacial score (nSPS) is 13.8. The van der Waals surface area contributed by atoms with E-state index < -0.39 is 0 Å². The van der Waals surface area contributed by atoms with E-state index in [4.69, 9.17) is 9.72 Å².